The molecule has 6 aromatic carbocycles. The number of aryl methyl sites for hydroxylation is 1. The standard InChI is InChI=1S/C41H34N2O5.C2H6/c1-3-10-30-25(4-2)11-9-16-33(30)43(36-37(44)39(46)41(48)40(47)38(36)45)29-23-19-27(20-24-29)26-17-21-28(22-18-26)42-34-14-7-5-12-31(34)32-13-6-8-15-35(32)42;1-2/h3,5-24,44-48H,4H2,1-2H3;1-2H3/b10-3-;. The summed E-state index contributed by atoms with van der Waals surface area (Å²) in [6.07, 6.45) is 4.55. The van der Waals surface area contributed by atoms with Crippen LogP contribution in [0.3, 0.4) is 0 Å². The predicted octanol–water partition coefficient (Wildman–Crippen LogP) is 11.1. The summed E-state index contributed by atoms with van der Waals surface area (Å²) in [6, 6.07) is 38.4. The molecule has 7 rings (SSSR count). The number of para-hydroxylation sites is 2. The Morgan fingerprint density at radius 1 is 0.580 bits per heavy atom. The first-order valence-corrected chi connectivity index (χ1v) is 16.8. The first-order chi connectivity index (χ1) is 24.3. The number of phenolic OH excluding ortho intramolecular Hbond substituents is 5. The molecule has 0 aliphatic carbocycles. The SMILES string of the molecule is C/C=C\c1c(CC)cccc1N(c1ccc(-c2ccc(-n3c4ccccc4c4ccccc43)cc2)cc1)c1c(O)c(O)c(O)c(O)c1O.CC. The molecule has 252 valence electrons. The van der Waals surface area contributed by atoms with E-state index in [1.165, 1.54) is 10.8 Å². The van der Waals surface area contributed by atoms with Gasteiger partial charge in [0.15, 0.2) is 11.5 Å². The highest BCUT2D eigenvalue weighted by molar-refractivity contribution is 6.09. The van der Waals surface area contributed by atoms with Crippen LogP contribution in [0.5, 0.6) is 28.7 Å². The number of hydrogen-bond acceptors (Lipinski definition) is 6. The highest BCUT2D eigenvalue weighted by atomic mass is 16.4. The van der Waals surface area contributed by atoms with Gasteiger partial charge in [0.05, 0.1) is 16.7 Å². The van der Waals surface area contributed by atoms with Crippen molar-refractivity contribution in [3.8, 4) is 45.6 Å². The predicted molar refractivity (Wildman–Crippen MR) is 205 cm³/mol. The van der Waals surface area contributed by atoms with Crippen LogP contribution in [0.1, 0.15) is 38.8 Å². The molecule has 0 radical (unpaired) electrons. The van der Waals surface area contributed by atoms with Gasteiger partial charge in [-0.15, -0.1) is 0 Å². The van der Waals surface area contributed by atoms with Crippen LogP contribution in [-0.2, 0) is 6.42 Å². The first-order valence-electron chi connectivity index (χ1n) is 16.8. The summed E-state index contributed by atoms with van der Waals surface area (Å²) in [6.45, 7) is 7.93. The van der Waals surface area contributed by atoms with Crippen molar-refractivity contribution in [3.05, 3.63) is 132 Å². The van der Waals surface area contributed by atoms with Crippen LogP contribution in [0.25, 0.3) is 44.7 Å². The van der Waals surface area contributed by atoms with Gasteiger partial charge in [0.2, 0.25) is 17.2 Å². The Bertz CT molecular complexity index is 2260. The van der Waals surface area contributed by atoms with E-state index in [1.54, 1.807) is 4.90 Å². The Labute approximate surface area is 291 Å². The van der Waals surface area contributed by atoms with Crippen molar-refractivity contribution in [2.75, 3.05) is 4.90 Å². The lowest BCUT2D eigenvalue weighted by molar-refractivity contribution is 0.329. The molecule has 50 heavy (non-hydrogen) atoms. The lowest BCUT2D eigenvalue weighted by Crippen LogP contribution is -2.13. The fraction of sp³-hybridized carbons (Fsp3) is 0.116. The Morgan fingerprint density at radius 3 is 1.60 bits per heavy atom. The summed E-state index contributed by atoms with van der Waals surface area (Å²) in [7, 11) is 0. The summed E-state index contributed by atoms with van der Waals surface area (Å²) in [4.78, 5) is 1.56. The molecule has 0 unspecified atom stereocenters. The second-order valence-electron chi connectivity index (χ2n) is 11.6. The molecule has 0 saturated carbocycles. The molecule has 7 aromatic rings. The second kappa shape index (κ2) is 14.0. The van der Waals surface area contributed by atoms with E-state index in [-0.39, 0.29) is 5.69 Å². The molecular formula is C43H40N2O5. The quantitative estimate of drug-likeness (QED) is 0.0857. The number of allylic oxidation sites excluding steroid dienone is 1. The van der Waals surface area contributed by atoms with Crippen LogP contribution in [0.15, 0.2) is 121 Å². The zero-order chi connectivity index (χ0) is 35.5. The highest BCUT2D eigenvalue weighted by Crippen LogP contribution is 2.58. The topological polar surface area (TPSA) is 109 Å². The van der Waals surface area contributed by atoms with Gasteiger partial charge in [-0.2, -0.15) is 0 Å². The third kappa shape index (κ3) is 5.62. The molecule has 0 atom stereocenters. The summed E-state index contributed by atoms with van der Waals surface area (Å²) in [5, 5.41) is 55.6. The molecule has 7 heteroatoms. The Morgan fingerprint density at radius 2 is 1.08 bits per heavy atom. The zero-order valence-electron chi connectivity index (χ0n) is 28.5. The number of benzene rings is 6. The monoisotopic (exact) mass is 664 g/mol. The molecule has 0 saturated heterocycles. The molecule has 7 nitrogen and oxygen atoms in total. The molecule has 1 aromatic heterocycles. The summed E-state index contributed by atoms with van der Waals surface area (Å²) >= 11 is 0. The third-order valence-corrected chi connectivity index (χ3v) is 8.86. The number of aromatic nitrogens is 1. The molecule has 1 heterocycles. The molecule has 0 aliphatic heterocycles. The number of rotatable bonds is 7. The number of phenols is 5. The molecule has 5 N–H and O–H groups in total. The zero-order valence-corrected chi connectivity index (χ0v) is 28.5. The van der Waals surface area contributed by atoms with Crippen LogP contribution < -0.4 is 4.90 Å². The molecule has 0 spiro atoms. The van der Waals surface area contributed by atoms with Gasteiger partial charge in [0.1, 0.15) is 5.69 Å². The van der Waals surface area contributed by atoms with Crippen LogP contribution in [0.2, 0.25) is 0 Å². The van der Waals surface area contributed by atoms with Gasteiger partial charge in [-0.1, -0.05) is 106 Å². The van der Waals surface area contributed by atoms with Crippen LogP contribution in [0, 0.1) is 0 Å². The van der Waals surface area contributed by atoms with E-state index in [1.807, 2.05) is 82.3 Å². The van der Waals surface area contributed by atoms with E-state index in [4.69, 9.17) is 0 Å². The van der Waals surface area contributed by atoms with Gasteiger partial charge in [-0.3, -0.25) is 0 Å². The minimum Gasteiger partial charge on any atom is -0.503 e. The fourth-order valence-electron chi connectivity index (χ4n) is 6.54. The molecule has 0 aliphatic rings. The second-order valence-corrected chi connectivity index (χ2v) is 11.6. The third-order valence-electron chi connectivity index (χ3n) is 8.86. The average Bonchev–Trinajstić information content (AvgIpc) is 3.51. The van der Waals surface area contributed by atoms with E-state index >= 15 is 0 Å². The molecule has 0 amide bonds. The number of anilines is 3. The molecule has 0 fully saturated rings. The van der Waals surface area contributed by atoms with Crippen molar-refractivity contribution in [1.29, 1.82) is 0 Å². The van der Waals surface area contributed by atoms with E-state index < -0.39 is 28.7 Å². The maximum Gasteiger partial charge on any atom is 0.208 e. The van der Waals surface area contributed by atoms with Gasteiger partial charge < -0.3 is 35.0 Å². The number of fused-ring (bicyclic) bond motifs is 3. The number of nitrogens with zero attached hydrogens (tertiary/aromatic N) is 2. The average molecular weight is 665 g/mol. The van der Waals surface area contributed by atoms with E-state index in [0.29, 0.717) is 11.4 Å². The highest BCUT2D eigenvalue weighted by Gasteiger charge is 2.30. The largest absolute Gasteiger partial charge is 0.503 e. The van der Waals surface area contributed by atoms with Gasteiger partial charge in [0.25, 0.3) is 0 Å². The van der Waals surface area contributed by atoms with E-state index in [2.05, 4.69) is 77.4 Å². The number of hydrogen-bond donors (Lipinski definition) is 5. The Balaban J connectivity index is 0.00000212. The maximum atomic E-state index is 11.1. The summed E-state index contributed by atoms with van der Waals surface area (Å²) < 4.78 is 2.27. The normalized spacial score (nSPS) is 11.2. The first kappa shape index (κ1) is 33.6. The van der Waals surface area contributed by atoms with E-state index in [9.17, 15) is 25.5 Å². The van der Waals surface area contributed by atoms with Gasteiger partial charge in [0, 0.05) is 27.7 Å². The van der Waals surface area contributed by atoms with Crippen molar-refractivity contribution in [3.63, 3.8) is 0 Å². The van der Waals surface area contributed by atoms with Gasteiger partial charge in [-0.05, 0) is 72.5 Å². The Hall–Kier alpha value is -6.34. The van der Waals surface area contributed by atoms with Crippen LogP contribution >= 0.6 is 0 Å². The summed E-state index contributed by atoms with van der Waals surface area (Å²) in [5.41, 5.74) is 7.95. The molecular weight excluding hydrogens is 624 g/mol. The van der Waals surface area contributed by atoms with Crippen molar-refractivity contribution in [1.82, 2.24) is 4.57 Å². The molecule has 0 bridgehead atoms. The lowest BCUT2D eigenvalue weighted by Gasteiger charge is -2.29. The smallest absolute Gasteiger partial charge is 0.208 e. The van der Waals surface area contributed by atoms with Crippen LogP contribution in [0.4, 0.5) is 17.1 Å². The number of aromatic hydroxyl groups is 5. The lowest BCUT2D eigenvalue weighted by atomic mass is 9.99. The summed E-state index contributed by atoms with van der Waals surface area (Å²) in [5.74, 6) is -4.44. The minimum atomic E-state index is -1.01. The van der Waals surface area contributed by atoms with Crippen molar-refractivity contribution < 1.29 is 25.5 Å². The Kier molecular flexibility index (Phi) is 9.41. The van der Waals surface area contributed by atoms with Crippen molar-refractivity contribution in [2.45, 2.75) is 34.1 Å². The van der Waals surface area contributed by atoms with Crippen molar-refractivity contribution in [2.24, 2.45) is 0 Å². The van der Waals surface area contributed by atoms with Crippen LogP contribution in [-0.4, -0.2) is 30.1 Å². The fourth-order valence-corrected chi connectivity index (χ4v) is 6.54. The van der Waals surface area contributed by atoms with Crippen molar-refractivity contribution >= 4 is 44.9 Å². The maximum absolute atomic E-state index is 11.1. The van der Waals surface area contributed by atoms with E-state index in [0.717, 1.165) is 45.4 Å². The van der Waals surface area contributed by atoms with Gasteiger partial charge in [-0.25, -0.2) is 0 Å². The minimum absolute atomic E-state index is 0.273. The van der Waals surface area contributed by atoms with Gasteiger partial charge >= 0.3 is 0 Å².